The highest BCUT2D eigenvalue weighted by molar-refractivity contribution is 5.89. The molecule has 4 N–H and O–H groups in total. The van der Waals surface area contributed by atoms with Gasteiger partial charge in [-0.25, -0.2) is 0 Å². The summed E-state index contributed by atoms with van der Waals surface area (Å²) in [5, 5.41) is 4.25. The fourth-order valence-electron chi connectivity index (χ4n) is 3.86. The van der Waals surface area contributed by atoms with Crippen LogP contribution in [0.2, 0.25) is 0 Å². The van der Waals surface area contributed by atoms with Crippen LogP contribution in [0, 0.1) is 12.3 Å². The molecule has 1 fully saturated rings. The molecule has 1 aliphatic carbocycles. The number of nitrogens with one attached hydrogen (secondary N) is 2. The second-order valence-corrected chi connectivity index (χ2v) is 7.66. The molecule has 0 radical (unpaired) electrons. The van der Waals surface area contributed by atoms with Gasteiger partial charge in [-0.3, -0.25) is 4.79 Å². The van der Waals surface area contributed by atoms with Crippen molar-refractivity contribution in [2.45, 2.75) is 52.2 Å². The maximum absolute atomic E-state index is 12.7. The molecule has 0 bridgehead atoms. The number of nitrogens with two attached hydrogens (primary N) is 1. The predicted molar refractivity (Wildman–Crippen MR) is 100 cm³/mol. The van der Waals surface area contributed by atoms with E-state index in [-0.39, 0.29) is 17.4 Å². The third-order valence-corrected chi connectivity index (χ3v) is 5.92. The molecule has 2 aromatic rings. The van der Waals surface area contributed by atoms with Crippen LogP contribution in [0.4, 0.5) is 0 Å². The summed E-state index contributed by atoms with van der Waals surface area (Å²) in [7, 11) is 0. The van der Waals surface area contributed by atoms with Gasteiger partial charge in [0.2, 0.25) is 5.91 Å². The lowest BCUT2D eigenvalue weighted by Crippen LogP contribution is -2.75. The van der Waals surface area contributed by atoms with Crippen molar-refractivity contribution in [1.82, 2.24) is 10.3 Å². The highest BCUT2D eigenvalue weighted by atomic mass is 16.5. The van der Waals surface area contributed by atoms with Crippen molar-refractivity contribution in [2.75, 3.05) is 13.2 Å². The van der Waals surface area contributed by atoms with E-state index in [1.54, 1.807) is 0 Å². The molecule has 5 heteroatoms. The monoisotopic (exact) mass is 343 g/mol. The number of H-pyrrole nitrogens is 1. The van der Waals surface area contributed by atoms with Crippen molar-refractivity contribution >= 4 is 16.8 Å². The number of fused-ring (bicyclic) bond motifs is 1. The van der Waals surface area contributed by atoms with Gasteiger partial charge in [0.15, 0.2) is 0 Å². The molecule has 1 saturated carbocycles. The van der Waals surface area contributed by atoms with E-state index in [1.807, 2.05) is 27.0 Å². The Labute approximate surface area is 149 Å². The number of aryl methyl sites for hydroxylation is 1. The molecule has 1 heterocycles. The van der Waals surface area contributed by atoms with Crippen molar-refractivity contribution in [3.8, 4) is 0 Å². The largest absolute Gasteiger partial charge is 0.378 e. The zero-order chi connectivity index (χ0) is 18.2. The lowest BCUT2D eigenvalue weighted by molar-refractivity contribution is -0.170. The summed E-state index contributed by atoms with van der Waals surface area (Å²) in [5.74, 6) is -0.0792. The van der Waals surface area contributed by atoms with Crippen molar-refractivity contribution in [3.05, 3.63) is 35.5 Å². The SMILES string of the molecule is CCOC1CC(N)(C(=O)NCCc2c[nH]c3c(C)cccc23)C1(C)C. The number of para-hydroxylation sites is 1. The summed E-state index contributed by atoms with van der Waals surface area (Å²) >= 11 is 0. The second kappa shape index (κ2) is 6.46. The van der Waals surface area contributed by atoms with Crippen LogP contribution >= 0.6 is 0 Å². The maximum atomic E-state index is 12.7. The zero-order valence-corrected chi connectivity index (χ0v) is 15.6. The molecule has 0 spiro atoms. The first-order chi connectivity index (χ1) is 11.8. The molecule has 2 atom stereocenters. The number of amides is 1. The molecule has 1 aliphatic rings. The van der Waals surface area contributed by atoms with Crippen molar-refractivity contribution < 1.29 is 9.53 Å². The Hall–Kier alpha value is -1.85. The van der Waals surface area contributed by atoms with Gasteiger partial charge in [-0.1, -0.05) is 32.0 Å². The first-order valence-electron chi connectivity index (χ1n) is 9.05. The molecule has 2 unspecified atom stereocenters. The average molecular weight is 343 g/mol. The van der Waals surface area contributed by atoms with Gasteiger partial charge in [-0.05, 0) is 31.4 Å². The number of carbonyl (C=O) groups excluding carboxylic acids is 1. The van der Waals surface area contributed by atoms with Gasteiger partial charge in [0.25, 0.3) is 0 Å². The van der Waals surface area contributed by atoms with Gasteiger partial charge in [-0.2, -0.15) is 0 Å². The average Bonchev–Trinajstić information content (AvgIpc) is 2.99. The highest BCUT2D eigenvalue weighted by Crippen LogP contribution is 2.49. The minimum Gasteiger partial charge on any atom is -0.378 e. The van der Waals surface area contributed by atoms with Crippen LogP contribution in [0.1, 0.15) is 38.3 Å². The van der Waals surface area contributed by atoms with E-state index >= 15 is 0 Å². The van der Waals surface area contributed by atoms with Gasteiger partial charge in [0, 0.05) is 42.1 Å². The van der Waals surface area contributed by atoms with Crippen molar-refractivity contribution in [3.63, 3.8) is 0 Å². The minimum atomic E-state index is -0.858. The van der Waals surface area contributed by atoms with Crippen LogP contribution in [-0.4, -0.2) is 35.7 Å². The van der Waals surface area contributed by atoms with E-state index in [1.165, 1.54) is 22.0 Å². The Kier molecular flexibility index (Phi) is 4.64. The second-order valence-electron chi connectivity index (χ2n) is 7.66. The summed E-state index contributed by atoms with van der Waals surface area (Å²) in [5.41, 5.74) is 8.81. The lowest BCUT2D eigenvalue weighted by Gasteiger charge is -2.57. The Bertz CT molecular complexity index is 780. The van der Waals surface area contributed by atoms with Crippen molar-refractivity contribution in [1.29, 1.82) is 0 Å². The normalized spacial score (nSPS) is 24.9. The van der Waals surface area contributed by atoms with E-state index in [2.05, 4.69) is 35.4 Å². The van der Waals surface area contributed by atoms with Crippen LogP contribution < -0.4 is 11.1 Å². The third-order valence-electron chi connectivity index (χ3n) is 5.92. The summed E-state index contributed by atoms with van der Waals surface area (Å²) in [6.07, 6.45) is 3.43. The highest BCUT2D eigenvalue weighted by Gasteiger charge is 2.62. The van der Waals surface area contributed by atoms with E-state index in [9.17, 15) is 4.79 Å². The first kappa shape index (κ1) is 18.0. The molecular formula is C20H29N3O2. The number of carbonyl (C=O) groups is 1. The standard InChI is InChI=1S/C20H29N3O2/c1-5-25-16-11-20(21,19(16,3)4)18(24)22-10-9-14-12-23-17-13(2)7-6-8-15(14)17/h6-8,12,16,23H,5,9-11,21H2,1-4H3,(H,22,24). The van der Waals surface area contributed by atoms with E-state index in [0.717, 1.165) is 6.42 Å². The van der Waals surface area contributed by atoms with Gasteiger partial charge in [0.05, 0.1) is 6.10 Å². The fourth-order valence-corrected chi connectivity index (χ4v) is 3.86. The fraction of sp³-hybridized carbons (Fsp3) is 0.550. The first-order valence-corrected chi connectivity index (χ1v) is 9.05. The molecule has 0 aliphatic heterocycles. The van der Waals surface area contributed by atoms with Gasteiger partial charge < -0.3 is 20.8 Å². The van der Waals surface area contributed by atoms with Gasteiger partial charge in [-0.15, -0.1) is 0 Å². The Morgan fingerprint density at radius 2 is 2.20 bits per heavy atom. The summed E-state index contributed by atoms with van der Waals surface area (Å²) < 4.78 is 5.70. The van der Waals surface area contributed by atoms with Gasteiger partial charge >= 0.3 is 0 Å². The minimum absolute atomic E-state index is 0.0462. The molecular weight excluding hydrogens is 314 g/mol. The van der Waals surface area contributed by atoms with Crippen LogP contribution in [0.25, 0.3) is 10.9 Å². The molecule has 1 aromatic heterocycles. The number of hydrogen-bond donors (Lipinski definition) is 3. The quantitative estimate of drug-likeness (QED) is 0.754. The number of ether oxygens (including phenoxy) is 1. The lowest BCUT2D eigenvalue weighted by atomic mass is 9.54. The number of rotatable bonds is 6. The zero-order valence-electron chi connectivity index (χ0n) is 15.6. The molecule has 3 rings (SSSR count). The van der Waals surface area contributed by atoms with Crippen LogP contribution in [0.5, 0.6) is 0 Å². The third kappa shape index (κ3) is 2.85. The summed E-state index contributed by atoms with van der Waals surface area (Å²) in [6.45, 7) is 9.31. The maximum Gasteiger partial charge on any atom is 0.240 e. The molecule has 1 amide bonds. The van der Waals surface area contributed by atoms with Crippen molar-refractivity contribution in [2.24, 2.45) is 11.1 Å². The number of aromatic amines is 1. The molecule has 136 valence electrons. The van der Waals surface area contributed by atoms with E-state index in [0.29, 0.717) is 19.6 Å². The number of aromatic nitrogens is 1. The van der Waals surface area contributed by atoms with Crippen LogP contribution in [-0.2, 0) is 16.0 Å². The summed E-state index contributed by atoms with van der Waals surface area (Å²) in [6, 6.07) is 6.27. The van der Waals surface area contributed by atoms with Crippen LogP contribution in [0.15, 0.2) is 24.4 Å². The van der Waals surface area contributed by atoms with E-state index in [4.69, 9.17) is 10.5 Å². The molecule has 1 aromatic carbocycles. The Morgan fingerprint density at radius 3 is 2.88 bits per heavy atom. The van der Waals surface area contributed by atoms with E-state index < -0.39 is 5.54 Å². The Morgan fingerprint density at radius 1 is 1.44 bits per heavy atom. The smallest absolute Gasteiger partial charge is 0.240 e. The Balaban J connectivity index is 1.60. The predicted octanol–water partition coefficient (Wildman–Crippen LogP) is 2.67. The molecule has 5 nitrogen and oxygen atoms in total. The van der Waals surface area contributed by atoms with Crippen LogP contribution in [0.3, 0.4) is 0 Å². The number of benzene rings is 1. The molecule has 25 heavy (non-hydrogen) atoms. The van der Waals surface area contributed by atoms with Gasteiger partial charge in [0.1, 0.15) is 5.54 Å². The summed E-state index contributed by atoms with van der Waals surface area (Å²) in [4.78, 5) is 16.0. The molecule has 0 saturated heterocycles. The number of hydrogen-bond acceptors (Lipinski definition) is 3. The topological polar surface area (TPSA) is 80.1 Å².